The standard InChI is InChI=1S/C19H14ClNO2/c20-18-11-6-14(12-21-18)13-23-17-9-7-16(8-10-17)19(22)15-4-2-1-3-5-15/h1-12H,13H2. The Morgan fingerprint density at radius 1 is 0.913 bits per heavy atom. The molecule has 3 nitrogen and oxygen atoms in total. The number of halogens is 1. The molecular formula is C19H14ClNO2. The monoisotopic (exact) mass is 323 g/mol. The average Bonchev–Trinajstić information content (AvgIpc) is 2.62. The third-order valence-electron chi connectivity index (χ3n) is 3.35. The van der Waals surface area contributed by atoms with Crippen molar-refractivity contribution in [1.82, 2.24) is 4.98 Å². The van der Waals surface area contributed by atoms with Gasteiger partial charge in [-0.25, -0.2) is 4.98 Å². The van der Waals surface area contributed by atoms with E-state index in [0.717, 1.165) is 5.56 Å². The van der Waals surface area contributed by atoms with Gasteiger partial charge in [-0.1, -0.05) is 48.0 Å². The Kier molecular flexibility index (Phi) is 4.69. The lowest BCUT2D eigenvalue weighted by Gasteiger charge is -2.07. The van der Waals surface area contributed by atoms with E-state index in [1.165, 1.54) is 0 Å². The van der Waals surface area contributed by atoms with E-state index >= 15 is 0 Å². The summed E-state index contributed by atoms with van der Waals surface area (Å²) < 4.78 is 5.68. The third-order valence-corrected chi connectivity index (χ3v) is 3.57. The van der Waals surface area contributed by atoms with Gasteiger partial charge in [0.1, 0.15) is 17.5 Å². The maximum absolute atomic E-state index is 12.3. The van der Waals surface area contributed by atoms with Crippen LogP contribution in [0.25, 0.3) is 0 Å². The molecule has 1 aromatic heterocycles. The van der Waals surface area contributed by atoms with E-state index < -0.39 is 0 Å². The van der Waals surface area contributed by atoms with Crippen LogP contribution in [-0.4, -0.2) is 10.8 Å². The third kappa shape index (κ3) is 3.96. The number of ether oxygens (including phenoxy) is 1. The van der Waals surface area contributed by atoms with Crippen LogP contribution in [0.5, 0.6) is 5.75 Å². The number of nitrogens with zero attached hydrogens (tertiary/aromatic N) is 1. The van der Waals surface area contributed by atoms with E-state index in [-0.39, 0.29) is 5.78 Å². The Morgan fingerprint density at radius 2 is 1.61 bits per heavy atom. The fourth-order valence-corrected chi connectivity index (χ4v) is 2.23. The van der Waals surface area contributed by atoms with E-state index in [1.54, 1.807) is 48.7 Å². The average molecular weight is 324 g/mol. The molecule has 4 heteroatoms. The summed E-state index contributed by atoms with van der Waals surface area (Å²) in [7, 11) is 0. The van der Waals surface area contributed by atoms with Gasteiger partial charge in [-0.15, -0.1) is 0 Å². The van der Waals surface area contributed by atoms with Crippen LogP contribution in [0.1, 0.15) is 21.5 Å². The predicted octanol–water partition coefficient (Wildman–Crippen LogP) is 4.55. The van der Waals surface area contributed by atoms with E-state index in [9.17, 15) is 4.79 Å². The number of carbonyl (C=O) groups is 1. The van der Waals surface area contributed by atoms with Crippen molar-refractivity contribution in [1.29, 1.82) is 0 Å². The second-order valence-electron chi connectivity index (χ2n) is 5.00. The number of benzene rings is 2. The molecule has 0 atom stereocenters. The molecule has 23 heavy (non-hydrogen) atoms. The molecule has 0 saturated carbocycles. The molecule has 0 bridgehead atoms. The maximum atomic E-state index is 12.3. The SMILES string of the molecule is O=C(c1ccccc1)c1ccc(OCc2ccc(Cl)nc2)cc1. The maximum Gasteiger partial charge on any atom is 0.193 e. The lowest BCUT2D eigenvalue weighted by Crippen LogP contribution is -2.01. The lowest BCUT2D eigenvalue weighted by molar-refractivity contribution is 0.103. The van der Waals surface area contributed by atoms with E-state index in [0.29, 0.717) is 28.6 Å². The van der Waals surface area contributed by atoms with Crippen LogP contribution in [-0.2, 0) is 6.61 Å². The van der Waals surface area contributed by atoms with Gasteiger partial charge >= 0.3 is 0 Å². The van der Waals surface area contributed by atoms with Crippen molar-refractivity contribution < 1.29 is 9.53 Å². The van der Waals surface area contributed by atoms with Crippen LogP contribution < -0.4 is 4.74 Å². The molecule has 0 aliphatic heterocycles. The Balaban J connectivity index is 1.65. The number of hydrogen-bond acceptors (Lipinski definition) is 3. The molecule has 0 spiro atoms. The fraction of sp³-hybridized carbons (Fsp3) is 0.0526. The van der Waals surface area contributed by atoms with E-state index in [2.05, 4.69) is 4.98 Å². The zero-order chi connectivity index (χ0) is 16.1. The molecule has 0 fully saturated rings. The van der Waals surface area contributed by atoms with Gasteiger partial charge < -0.3 is 4.74 Å². The summed E-state index contributed by atoms with van der Waals surface area (Å²) >= 11 is 5.74. The predicted molar refractivity (Wildman–Crippen MR) is 89.9 cm³/mol. The second kappa shape index (κ2) is 7.07. The van der Waals surface area contributed by atoms with Crippen LogP contribution in [0.2, 0.25) is 5.15 Å². The Bertz CT molecular complexity index is 784. The number of carbonyl (C=O) groups excluding carboxylic acids is 1. The highest BCUT2D eigenvalue weighted by Crippen LogP contribution is 2.17. The molecule has 0 aliphatic carbocycles. The largest absolute Gasteiger partial charge is 0.489 e. The number of hydrogen-bond donors (Lipinski definition) is 0. The summed E-state index contributed by atoms with van der Waals surface area (Å²) in [6.45, 7) is 0.399. The Hall–Kier alpha value is -2.65. The van der Waals surface area contributed by atoms with Crippen molar-refractivity contribution in [3.63, 3.8) is 0 Å². The Labute approximate surface area is 139 Å². The minimum atomic E-state index is -0.000878. The first-order valence-corrected chi connectivity index (χ1v) is 7.53. The summed E-state index contributed by atoms with van der Waals surface area (Å²) in [5, 5.41) is 0.456. The van der Waals surface area contributed by atoms with Gasteiger partial charge in [0.25, 0.3) is 0 Å². The first-order chi connectivity index (χ1) is 11.2. The van der Waals surface area contributed by atoms with Gasteiger partial charge in [0.15, 0.2) is 5.78 Å². The first kappa shape index (κ1) is 15.3. The lowest BCUT2D eigenvalue weighted by atomic mass is 10.0. The molecule has 2 aromatic carbocycles. The molecular weight excluding hydrogens is 310 g/mol. The van der Waals surface area contributed by atoms with Gasteiger partial charge in [0, 0.05) is 22.9 Å². The highest BCUT2D eigenvalue weighted by molar-refractivity contribution is 6.29. The summed E-state index contributed by atoms with van der Waals surface area (Å²) in [5.41, 5.74) is 2.24. The van der Waals surface area contributed by atoms with Crippen molar-refractivity contribution in [3.05, 3.63) is 94.8 Å². The molecule has 114 valence electrons. The number of ketones is 1. The molecule has 0 unspecified atom stereocenters. The van der Waals surface area contributed by atoms with Crippen molar-refractivity contribution in [2.24, 2.45) is 0 Å². The van der Waals surface area contributed by atoms with E-state index in [4.69, 9.17) is 16.3 Å². The van der Waals surface area contributed by atoms with Gasteiger partial charge in [-0.05, 0) is 30.3 Å². The van der Waals surface area contributed by atoms with Crippen LogP contribution >= 0.6 is 11.6 Å². The number of pyridine rings is 1. The fourth-order valence-electron chi connectivity index (χ4n) is 2.12. The topological polar surface area (TPSA) is 39.2 Å². The Morgan fingerprint density at radius 3 is 2.26 bits per heavy atom. The molecule has 1 heterocycles. The molecule has 0 aliphatic rings. The normalized spacial score (nSPS) is 10.3. The zero-order valence-corrected chi connectivity index (χ0v) is 13.0. The summed E-state index contributed by atoms with van der Waals surface area (Å²) in [4.78, 5) is 16.3. The summed E-state index contributed by atoms with van der Waals surface area (Å²) in [5.74, 6) is 0.698. The summed E-state index contributed by atoms with van der Waals surface area (Å²) in [6.07, 6.45) is 1.68. The first-order valence-electron chi connectivity index (χ1n) is 7.15. The highest BCUT2D eigenvalue weighted by Gasteiger charge is 2.08. The van der Waals surface area contributed by atoms with Gasteiger partial charge in [-0.3, -0.25) is 4.79 Å². The minimum Gasteiger partial charge on any atom is -0.489 e. The van der Waals surface area contributed by atoms with Crippen LogP contribution in [0, 0.1) is 0 Å². The smallest absolute Gasteiger partial charge is 0.193 e. The highest BCUT2D eigenvalue weighted by atomic mass is 35.5. The summed E-state index contributed by atoms with van der Waals surface area (Å²) in [6, 6.07) is 19.9. The molecule has 0 N–H and O–H groups in total. The molecule has 0 saturated heterocycles. The zero-order valence-electron chi connectivity index (χ0n) is 12.3. The second-order valence-corrected chi connectivity index (χ2v) is 5.38. The number of aromatic nitrogens is 1. The molecule has 0 radical (unpaired) electrons. The van der Waals surface area contributed by atoms with Crippen molar-refractivity contribution in [2.75, 3.05) is 0 Å². The van der Waals surface area contributed by atoms with Crippen LogP contribution in [0.4, 0.5) is 0 Å². The number of rotatable bonds is 5. The van der Waals surface area contributed by atoms with Crippen molar-refractivity contribution in [2.45, 2.75) is 6.61 Å². The van der Waals surface area contributed by atoms with Crippen LogP contribution in [0.15, 0.2) is 72.9 Å². The van der Waals surface area contributed by atoms with Gasteiger partial charge in [-0.2, -0.15) is 0 Å². The van der Waals surface area contributed by atoms with Crippen molar-refractivity contribution in [3.8, 4) is 5.75 Å². The van der Waals surface area contributed by atoms with Gasteiger partial charge in [0.05, 0.1) is 0 Å². The molecule has 3 aromatic rings. The molecule has 3 rings (SSSR count). The van der Waals surface area contributed by atoms with E-state index in [1.807, 2.05) is 24.3 Å². The van der Waals surface area contributed by atoms with Crippen LogP contribution in [0.3, 0.4) is 0 Å². The quantitative estimate of drug-likeness (QED) is 0.511. The molecule has 0 amide bonds. The van der Waals surface area contributed by atoms with Crippen molar-refractivity contribution >= 4 is 17.4 Å². The van der Waals surface area contributed by atoms with Gasteiger partial charge in [0.2, 0.25) is 0 Å². The minimum absolute atomic E-state index is 0.000878.